The first-order valence-corrected chi connectivity index (χ1v) is 28.4. The van der Waals surface area contributed by atoms with Crippen LogP contribution < -0.4 is 0 Å². The summed E-state index contributed by atoms with van der Waals surface area (Å²) in [7, 11) is 0. The fraction of sp³-hybridized carbons (Fsp3) is 0.754. The molecule has 0 bridgehead atoms. The van der Waals surface area contributed by atoms with Gasteiger partial charge in [-0.25, -0.2) is 0 Å². The first-order chi connectivity index (χ1) is 33.0. The van der Waals surface area contributed by atoms with Crippen LogP contribution in [0.25, 0.3) is 0 Å². The number of allylic oxidation sites excluding steroid dienone is 12. The Bertz CT molecular complexity index is 1260. The zero-order chi connectivity index (χ0) is 48.6. The second-order valence-electron chi connectivity index (χ2n) is 18.8. The normalized spacial score (nSPS) is 12.6. The maximum Gasteiger partial charge on any atom is 0.306 e. The summed E-state index contributed by atoms with van der Waals surface area (Å²) in [5.74, 6) is -0.961. The summed E-state index contributed by atoms with van der Waals surface area (Å²) in [5.41, 5.74) is 0. The average Bonchev–Trinajstić information content (AvgIpc) is 3.33. The lowest BCUT2D eigenvalue weighted by Crippen LogP contribution is -2.30. The van der Waals surface area contributed by atoms with Crippen LogP contribution in [0.1, 0.15) is 278 Å². The van der Waals surface area contributed by atoms with Crippen LogP contribution in [0, 0.1) is 0 Å². The number of hydrogen-bond acceptors (Lipinski definition) is 6. The average molecular weight is 936 g/mol. The van der Waals surface area contributed by atoms with Crippen LogP contribution in [0.2, 0.25) is 0 Å². The van der Waals surface area contributed by atoms with E-state index in [0.717, 1.165) is 96.3 Å². The molecule has 6 heteroatoms. The van der Waals surface area contributed by atoms with Crippen LogP contribution in [0.4, 0.5) is 0 Å². The summed E-state index contributed by atoms with van der Waals surface area (Å²) < 4.78 is 16.8. The Morgan fingerprint density at radius 1 is 0.313 bits per heavy atom. The van der Waals surface area contributed by atoms with E-state index in [1.54, 1.807) is 0 Å². The Kier molecular flexibility index (Phi) is 52.8. The van der Waals surface area contributed by atoms with Crippen molar-refractivity contribution in [2.24, 2.45) is 0 Å². The van der Waals surface area contributed by atoms with Gasteiger partial charge >= 0.3 is 17.9 Å². The summed E-state index contributed by atoms with van der Waals surface area (Å²) in [4.78, 5) is 38.1. The number of rotatable bonds is 51. The molecule has 386 valence electrons. The highest BCUT2D eigenvalue weighted by Crippen LogP contribution is 2.16. The topological polar surface area (TPSA) is 78.9 Å². The summed E-state index contributed by atoms with van der Waals surface area (Å²) >= 11 is 0. The van der Waals surface area contributed by atoms with E-state index in [1.807, 2.05) is 0 Å². The summed E-state index contributed by atoms with van der Waals surface area (Å²) in [5, 5.41) is 0. The SMILES string of the molecule is CC/C=C\C/C=C\C/C=C\CCCCCCCC(=O)OC[C@H](COC(=O)CCCCCCCCCCCCCCCCCCC)OC(=O)CCC/C=C\C/C=C\C/C=C\CCCCCCCC. The Hall–Kier alpha value is -3.15. The highest BCUT2D eigenvalue weighted by Gasteiger charge is 2.19. The minimum atomic E-state index is -0.807. The van der Waals surface area contributed by atoms with Crippen LogP contribution in [-0.4, -0.2) is 37.2 Å². The number of hydrogen-bond donors (Lipinski definition) is 0. The zero-order valence-electron chi connectivity index (χ0n) is 44.2. The molecule has 0 saturated carbocycles. The lowest BCUT2D eigenvalue weighted by molar-refractivity contribution is -0.167. The van der Waals surface area contributed by atoms with Crippen LogP contribution in [0.5, 0.6) is 0 Å². The molecule has 0 aromatic heterocycles. The molecule has 0 aliphatic heterocycles. The number of carbonyl (C=O) groups excluding carboxylic acids is 3. The van der Waals surface area contributed by atoms with Gasteiger partial charge in [-0.15, -0.1) is 0 Å². The minimum absolute atomic E-state index is 0.0989. The van der Waals surface area contributed by atoms with E-state index in [1.165, 1.54) is 135 Å². The van der Waals surface area contributed by atoms with Gasteiger partial charge in [-0.2, -0.15) is 0 Å². The molecule has 0 unspecified atom stereocenters. The molecular weight excluding hydrogens is 829 g/mol. The second kappa shape index (κ2) is 55.4. The van der Waals surface area contributed by atoms with Gasteiger partial charge in [0.05, 0.1) is 0 Å². The van der Waals surface area contributed by atoms with Crippen LogP contribution in [-0.2, 0) is 28.6 Å². The van der Waals surface area contributed by atoms with E-state index in [4.69, 9.17) is 14.2 Å². The first kappa shape index (κ1) is 63.8. The second-order valence-corrected chi connectivity index (χ2v) is 18.8. The Morgan fingerprint density at radius 2 is 0.597 bits per heavy atom. The first-order valence-electron chi connectivity index (χ1n) is 28.4. The predicted octanol–water partition coefficient (Wildman–Crippen LogP) is 19.0. The van der Waals surface area contributed by atoms with Crippen molar-refractivity contribution in [3.05, 3.63) is 72.9 Å². The van der Waals surface area contributed by atoms with Crippen molar-refractivity contribution >= 4 is 17.9 Å². The molecule has 0 aliphatic carbocycles. The monoisotopic (exact) mass is 935 g/mol. The van der Waals surface area contributed by atoms with Gasteiger partial charge in [-0.05, 0) is 83.5 Å². The van der Waals surface area contributed by atoms with E-state index in [0.29, 0.717) is 19.3 Å². The standard InChI is InChI=1S/C61H106O6/c1-4-7-10-13-16-19-22-25-28-30-33-36-39-42-45-48-51-54-60(63)66-57-58(56-65-59(62)53-50-47-44-41-38-35-32-27-24-21-18-15-12-9-6-3)67-61(64)55-52-49-46-43-40-37-34-31-29-26-23-20-17-14-11-8-5-2/h9,12,18,21,26-27,29,32,34,37,43,46,58H,4-8,10-11,13-17,19-20,22-25,28,30-31,33,35-36,38-42,44-45,47-57H2,1-3H3/b12-9-,21-18-,29-26-,32-27-,37-34-,46-43-/t58-/m1/s1. The van der Waals surface area contributed by atoms with E-state index in [9.17, 15) is 14.4 Å². The van der Waals surface area contributed by atoms with Gasteiger partial charge < -0.3 is 14.2 Å². The summed E-state index contributed by atoms with van der Waals surface area (Å²) in [6.07, 6.45) is 70.4. The Labute approximate surface area is 414 Å². The molecule has 0 saturated heterocycles. The molecule has 67 heavy (non-hydrogen) atoms. The van der Waals surface area contributed by atoms with Gasteiger partial charge in [-0.1, -0.05) is 248 Å². The fourth-order valence-electron chi connectivity index (χ4n) is 7.94. The molecule has 0 aromatic carbocycles. The number of unbranched alkanes of at least 4 members (excludes halogenated alkanes) is 28. The van der Waals surface area contributed by atoms with Gasteiger partial charge in [0, 0.05) is 19.3 Å². The van der Waals surface area contributed by atoms with Crippen LogP contribution >= 0.6 is 0 Å². The van der Waals surface area contributed by atoms with Gasteiger partial charge in [0.2, 0.25) is 0 Å². The maximum atomic E-state index is 12.8. The van der Waals surface area contributed by atoms with Crippen LogP contribution in [0.15, 0.2) is 72.9 Å². The molecule has 0 amide bonds. The van der Waals surface area contributed by atoms with E-state index >= 15 is 0 Å². The highest BCUT2D eigenvalue weighted by molar-refractivity contribution is 5.71. The maximum absolute atomic E-state index is 12.8. The third kappa shape index (κ3) is 53.7. The quantitative estimate of drug-likeness (QED) is 0.0262. The lowest BCUT2D eigenvalue weighted by atomic mass is 10.0. The smallest absolute Gasteiger partial charge is 0.306 e. The van der Waals surface area contributed by atoms with Crippen molar-refractivity contribution < 1.29 is 28.6 Å². The number of carbonyl (C=O) groups is 3. The molecule has 0 spiro atoms. The van der Waals surface area contributed by atoms with Crippen molar-refractivity contribution in [2.75, 3.05) is 13.2 Å². The minimum Gasteiger partial charge on any atom is -0.462 e. The number of esters is 3. The van der Waals surface area contributed by atoms with Crippen molar-refractivity contribution in [3.8, 4) is 0 Å². The Balaban J connectivity index is 4.46. The summed E-state index contributed by atoms with van der Waals surface area (Å²) in [6.45, 7) is 6.49. The van der Waals surface area contributed by atoms with Crippen LogP contribution in [0.3, 0.4) is 0 Å². The van der Waals surface area contributed by atoms with Gasteiger partial charge in [0.25, 0.3) is 0 Å². The third-order valence-corrected chi connectivity index (χ3v) is 12.2. The van der Waals surface area contributed by atoms with Crippen molar-refractivity contribution in [2.45, 2.75) is 284 Å². The van der Waals surface area contributed by atoms with Crippen molar-refractivity contribution in [3.63, 3.8) is 0 Å². The molecule has 6 nitrogen and oxygen atoms in total. The molecule has 0 N–H and O–H groups in total. The van der Waals surface area contributed by atoms with Crippen molar-refractivity contribution in [1.82, 2.24) is 0 Å². The molecule has 0 fully saturated rings. The summed E-state index contributed by atoms with van der Waals surface area (Å²) in [6, 6.07) is 0. The highest BCUT2D eigenvalue weighted by atomic mass is 16.6. The van der Waals surface area contributed by atoms with E-state index < -0.39 is 6.10 Å². The van der Waals surface area contributed by atoms with Gasteiger partial charge in [0.15, 0.2) is 6.10 Å². The lowest BCUT2D eigenvalue weighted by Gasteiger charge is -2.18. The molecule has 0 rings (SSSR count). The molecule has 1 atom stereocenters. The van der Waals surface area contributed by atoms with Gasteiger partial charge in [-0.3, -0.25) is 14.4 Å². The largest absolute Gasteiger partial charge is 0.462 e. The third-order valence-electron chi connectivity index (χ3n) is 12.2. The van der Waals surface area contributed by atoms with Crippen molar-refractivity contribution in [1.29, 1.82) is 0 Å². The molecule has 0 aliphatic rings. The van der Waals surface area contributed by atoms with Gasteiger partial charge in [0.1, 0.15) is 13.2 Å². The molecule has 0 radical (unpaired) electrons. The molecule has 0 aromatic rings. The van der Waals surface area contributed by atoms with E-state index in [2.05, 4.69) is 93.7 Å². The predicted molar refractivity (Wildman–Crippen MR) is 288 cm³/mol. The number of ether oxygens (including phenoxy) is 3. The Morgan fingerprint density at radius 3 is 0.955 bits per heavy atom. The molecule has 0 heterocycles. The van der Waals surface area contributed by atoms with E-state index in [-0.39, 0.29) is 37.5 Å². The molecular formula is C61H106O6. The zero-order valence-corrected chi connectivity index (χ0v) is 44.2. The fourth-order valence-corrected chi connectivity index (χ4v) is 7.94.